The molecule has 296 valence electrons. The first kappa shape index (κ1) is 40.8. The molecule has 2 fully saturated rings. The summed E-state index contributed by atoms with van der Waals surface area (Å²) in [5.41, 5.74) is 3.54. The SMILES string of the molecule is CS(=O)(=O)Nc1ccc(C(=O)C2CCN(CC(C(=O)C(CN3CCC(C(=O)c4ccc(NS(C)(=O)=O)cc4)CC3)c3cccnc3)c3cccnc3)CC2)cc1. The number of nitrogens with zero attached hydrogens (tertiary/aromatic N) is 4. The number of carbonyl (C=O) groups is 3. The van der Waals surface area contributed by atoms with Gasteiger partial charge < -0.3 is 9.80 Å². The van der Waals surface area contributed by atoms with Gasteiger partial charge in [0.05, 0.1) is 24.3 Å². The summed E-state index contributed by atoms with van der Waals surface area (Å²) in [6.45, 7) is 3.52. The highest BCUT2D eigenvalue weighted by atomic mass is 32.2. The van der Waals surface area contributed by atoms with Gasteiger partial charge in [-0.25, -0.2) is 16.8 Å². The predicted molar refractivity (Wildman–Crippen MR) is 216 cm³/mol. The number of Topliss-reactive ketones (excluding diaryl/α,β-unsaturated/α-hetero) is 3. The van der Waals surface area contributed by atoms with Crippen LogP contribution in [0.2, 0.25) is 0 Å². The Balaban J connectivity index is 1.11. The standard InChI is InChI=1S/C41H48N6O7S2/c1-55(51,52)44-35-11-7-29(8-12-35)39(48)31-15-21-46(22-16-31)27-37(33-5-3-19-42-25-33)41(50)38(34-6-4-20-43-26-34)28-47-23-17-32(18-24-47)40(49)30-9-13-36(14-10-30)45-56(2,53)54/h3-14,19-20,25-26,31-32,37-38,44-45H,15-18,21-24,27-28H2,1-2H3. The van der Waals surface area contributed by atoms with E-state index in [1.807, 2.05) is 24.3 Å². The molecule has 2 N–H and O–H groups in total. The number of carbonyl (C=O) groups excluding carboxylic acids is 3. The molecular formula is C41H48N6O7S2. The van der Waals surface area contributed by atoms with Crippen LogP contribution in [0.5, 0.6) is 0 Å². The lowest BCUT2D eigenvalue weighted by atomic mass is 9.82. The van der Waals surface area contributed by atoms with Gasteiger partial charge in [0.2, 0.25) is 20.0 Å². The summed E-state index contributed by atoms with van der Waals surface area (Å²) >= 11 is 0. The second kappa shape index (κ2) is 18.0. The van der Waals surface area contributed by atoms with Crippen molar-refractivity contribution in [1.82, 2.24) is 19.8 Å². The van der Waals surface area contributed by atoms with E-state index in [1.54, 1.807) is 73.3 Å². The Labute approximate surface area is 329 Å². The second-order valence-electron chi connectivity index (χ2n) is 14.9. The molecule has 2 saturated heterocycles. The molecule has 56 heavy (non-hydrogen) atoms. The third kappa shape index (κ3) is 11.1. The normalized spacial score (nSPS) is 17.5. The molecule has 2 atom stereocenters. The number of piperidine rings is 2. The summed E-state index contributed by atoms with van der Waals surface area (Å²) < 4.78 is 51.1. The summed E-state index contributed by atoms with van der Waals surface area (Å²) in [6.07, 6.45) is 11.6. The van der Waals surface area contributed by atoms with E-state index in [4.69, 9.17) is 0 Å². The van der Waals surface area contributed by atoms with Gasteiger partial charge in [0, 0.05) is 72.2 Å². The van der Waals surface area contributed by atoms with Crippen LogP contribution < -0.4 is 9.44 Å². The molecule has 2 aliphatic heterocycles. The first-order valence-electron chi connectivity index (χ1n) is 18.7. The number of likely N-dealkylation sites (tertiary alicyclic amines) is 2. The lowest BCUT2D eigenvalue weighted by Gasteiger charge is -2.36. The number of hydrogen-bond acceptors (Lipinski definition) is 11. The van der Waals surface area contributed by atoms with Crippen LogP contribution in [-0.4, -0.2) is 106 Å². The zero-order valence-electron chi connectivity index (χ0n) is 31.6. The zero-order chi connectivity index (χ0) is 39.9. The molecule has 13 nitrogen and oxygen atoms in total. The molecule has 15 heteroatoms. The van der Waals surface area contributed by atoms with Crippen molar-refractivity contribution in [3.8, 4) is 0 Å². The second-order valence-corrected chi connectivity index (χ2v) is 18.4. The van der Waals surface area contributed by atoms with E-state index in [2.05, 4.69) is 29.2 Å². The maximum Gasteiger partial charge on any atom is 0.229 e. The number of hydrogen-bond donors (Lipinski definition) is 2. The molecule has 2 aliphatic rings. The summed E-state index contributed by atoms with van der Waals surface area (Å²) in [6, 6.07) is 20.6. The molecule has 0 radical (unpaired) electrons. The van der Waals surface area contributed by atoms with E-state index in [9.17, 15) is 31.2 Å². The van der Waals surface area contributed by atoms with Crippen LogP contribution >= 0.6 is 0 Å². The first-order valence-corrected chi connectivity index (χ1v) is 22.5. The number of anilines is 2. The minimum atomic E-state index is -3.42. The molecular weight excluding hydrogens is 753 g/mol. The number of nitrogens with one attached hydrogen (secondary N) is 2. The van der Waals surface area contributed by atoms with Crippen molar-refractivity contribution in [2.24, 2.45) is 11.8 Å². The summed E-state index contributed by atoms with van der Waals surface area (Å²) in [7, 11) is -6.84. The van der Waals surface area contributed by atoms with Crippen molar-refractivity contribution in [2.45, 2.75) is 37.5 Å². The lowest BCUT2D eigenvalue weighted by Crippen LogP contribution is -2.43. The third-order valence-electron chi connectivity index (χ3n) is 10.6. The van der Waals surface area contributed by atoms with E-state index < -0.39 is 31.9 Å². The maximum atomic E-state index is 14.8. The van der Waals surface area contributed by atoms with E-state index in [0.717, 1.165) is 23.6 Å². The van der Waals surface area contributed by atoms with Crippen molar-refractivity contribution in [1.29, 1.82) is 0 Å². The highest BCUT2D eigenvalue weighted by molar-refractivity contribution is 7.92. The van der Waals surface area contributed by atoms with Gasteiger partial charge >= 0.3 is 0 Å². The molecule has 2 aromatic heterocycles. The Bertz CT molecular complexity index is 2030. The van der Waals surface area contributed by atoms with Gasteiger partial charge in [0.25, 0.3) is 0 Å². The molecule has 0 spiro atoms. The van der Waals surface area contributed by atoms with Gasteiger partial charge in [-0.15, -0.1) is 0 Å². The quantitative estimate of drug-likeness (QED) is 0.148. The average molecular weight is 801 g/mol. The van der Waals surface area contributed by atoms with Gasteiger partial charge in [0.1, 0.15) is 5.78 Å². The Morgan fingerprint density at radius 3 is 1.27 bits per heavy atom. The fourth-order valence-corrected chi connectivity index (χ4v) is 8.83. The van der Waals surface area contributed by atoms with E-state index in [1.165, 1.54) is 0 Å². The van der Waals surface area contributed by atoms with Gasteiger partial charge in [0.15, 0.2) is 11.6 Å². The smallest absolute Gasteiger partial charge is 0.229 e. The van der Waals surface area contributed by atoms with Gasteiger partial charge in [-0.05, 0) is 124 Å². The lowest BCUT2D eigenvalue weighted by molar-refractivity contribution is -0.123. The molecule has 0 amide bonds. The Morgan fingerprint density at radius 1 is 0.607 bits per heavy atom. The van der Waals surface area contributed by atoms with Crippen LogP contribution in [0.15, 0.2) is 97.6 Å². The Morgan fingerprint density at radius 2 is 0.964 bits per heavy atom. The van der Waals surface area contributed by atoms with Crippen LogP contribution in [0.3, 0.4) is 0 Å². The van der Waals surface area contributed by atoms with Gasteiger partial charge in [-0.3, -0.25) is 33.8 Å². The summed E-state index contributed by atoms with van der Waals surface area (Å²) in [4.78, 5) is 54.9. The van der Waals surface area contributed by atoms with Crippen LogP contribution in [0, 0.1) is 11.8 Å². The fourth-order valence-electron chi connectivity index (χ4n) is 7.70. The van der Waals surface area contributed by atoms with Crippen molar-refractivity contribution in [3.05, 3.63) is 120 Å². The average Bonchev–Trinajstić information content (AvgIpc) is 3.19. The van der Waals surface area contributed by atoms with E-state index in [-0.39, 0.29) is 29.2 Å². The molecule has 4 heterocycles. The minimum Gasteiger partial charge on any atom is -0.302 e. The van der Waals surface area contributed by atoms with Crippen molar-refractivity contribution >= 4 is 48.8 Å². The van der Waals surface area contributed by atoms with Crippen molar-refractivity contribution < 1.29 is 31.2 Å². The van der Waals surface area contributed by atoms with Gasteiger partial charge in [-0.1, -0.05) is 12.1 Å². The zero-order valence-corrected chi connectivity index (χ0v) is 33.2. The van der Waals surface area contributed by atoms with Gasteiger partial charge in [-0.2, -0.15) is 0 Å². The Hall–Kier alpha value is -4.83. The van der Waals surface area contributed by atoms with Crippen LogP contribution in [0.4, 0.5) is 11.4 Å². The number of pyridine rings is 2. The Kier molecular flexibility index (Phi) is 13.1. The van der Waals surface area contributed by atoms with Crippen LogP contribution in [0.25, 0.3) is 0 Å². The molecule has 0 bridgehead atoms. The van der Waals surface area contributed by atoms with Crippen molar-refractivity contribution in [3.63, 3.8) is 0 Å². The monoisotopic (exact) mass is 800 g/mol. The molecule has 2 unspecified atom stereocenters. The van der Waals surface area contributed by atoms with E-state index in [0.29, 0.717) is 87.5 Å². The molecule has 4 aromatic rings. The first-order chi connectivity index (χ1) is 26.7. The van der Waals surface area contributed by atoms with E-state index >= 15 is 0 Å². The highest BCUT2D eigenvalue weighted by Crippen LogP contribution is 2.32. The largest absolute Gasteiger partial charge is 0.302 e. The molecule has 0 aliphatic carbocycles. The number of ketones is 3. The minimum absolute atomic E-state index is 0.0253. The molecule has 6 rings (SSSR count). The number of aromatic nitrogens is 2. The molecule has 2 aromatic carbocycles. The van der Waals surface area contributed by atoms with Crippen molar-refractivity contribution in [2.75, 3.05) is 61.2 Å². The summed E-state index contributed by atoms with van der Waals surface area (Å²) in [5, 5.41) is 0. The summed E-state index contributed by atoms with van der Waals surface area (Å²) in [5.74, 6) is -1.20. The number of rotatable bonds is 16. The fraction of sp³-hybridized carbons (Fsp3) is 0.390. The van der Waals surface area contributed by atoms with Crippen LogP contribution in [-0.2, 0) is 24.8 Å². The topological polar surface area (TPSA) is 176 Å². The number of benzene rings is 2. The molecule has 0 saturated carbocycles. The highest BCUT2D eigenvalue weighted by Gasteiger charge is 2.36. The maximum absolute atomic E-state index is 14.8. The van der Waals surface area contributed by atoms with Crippen LogP contribution in [0.1, 0.15) is 69.4 Å². The third-order valence-corrected chi connectivity index (χ3v) is 11.8. The predicted octanol–water partition coefficient (Wildman–Crippen LogP) is 4.85. The number of sulfonamides is 2.